The van der Waals surface area contributed by atoms with E-state index in [1.165, 1.54) is 0 Å². The third-order valence-corrected chi connectivity index (χ3v) is 3.50. The van der Waals surface area contributed by atoms with E-state index in [0.29, 0.717) is 0 Å². The molecular weight excluding hydrogens is 282 g/mol. The fourth-order valence-corrected chi connectivity index (χ4v) is 2.22. The monoisotopic (exact) mass is 297 g/mol. The second-order valence-electron chi connectivity index (χ2n) is 3.81. The van der Waals surface area contributed by atoms with Gasteiger partial charge >= 0.3 is 5.97 Å². The molecule has 0 aliphatic rings. The molecule has 0 aliphatic heterocycles. The SMILES string of the molecule is COC(=O)CS(=O)(=O)NCc1ccc(C#CCO)cc1. The van der Waals surface area contributed by atoms with Crippen molar-refractivity contribution in [1.29, 1.82) is 0 Å². The van der Waals surface area contributed by atoms with Gasteiger partial charge in [-0.05, 0) is 17.7 Å². The highest BCUT2D eigenvalue weighted by Crippen LogP contribution is 2.03. The topological polar surface area (TPSA) is 92.7 Å². The van der Waals surface area contributed by atoms with Gasteiger partial charge in [-0.2, -0.15) is 0 Å². The zero-order chi connectivity index (χ0) is 15.0. The van der Waals surface area contributed by atoms with Crippen molar-refractivity contribution in [3.63, 3.8) is 0 Å². The van der Waals surface area contributed by atoms with Crippen molar-refractivity contribution in [3.8, 4) is 11.8 Å². The van der Waals surface area contributed by atoms with Gasteiger partial charge in [0.2, 0.25) is 10.0 Å². The van der Waals surface area contributed by atoms with Gasteiger partial charge in [-0.1, -0.05) is 24.0 Å². The molecule has 7 heteroatoms. The first-order valence-electron chi connectivity index (χ1n) is 5.69. The molecule has 0 unspecified atom stereocenters. The molecule has 6 nitrogen and oxygen atoms in total. The predicted octanol–water partition coefficient (Wildman–Crippen LogP) is -0.377. The summed E-state index contributed by atoms with van der Waals surface area (Å²) in [6.07, 6.45) is 0. The zero-order valence-corrected chi connectivity index (χ0v) is 11.7. The van der Waals surface area contributed by atoms with Gasteiger partial charge in [0.1, 0.15) is 6.61 Å². The number of benzene rings is 1. The van der Waals surface area contributed by atoms with Crippen LogP contribution in [0.2, 0.25) is 0 Å². The van der Waals surface area contributed by atoms with Crippen molar-refractivity contribution < 1.29 is 23.1 Å². The summed E-state index contributed by atoms with van der Waals surface area (Å²) >= 11 is 0. The van der Waals surface area contributed by atoms with Crippen LogP contribution in [0.5, 0.6) is 0 Å². The molecule has 0 amide bonds. The lowest BCUT2D eigenvalue weighted by Crippen LogP contribution is -2.30. The van der Waals surface area contributed by atoms with E-state index in [9.17, 15) is 13.2 Å². The number of hydrogen-bond donors (Lipinski definition) is 2. The molecule has 1 aromatic rings. The number of aliphatic hydroxyl groups excluding tert-OH is 1. The molecule has 0 aromatic heterocycles. The summed E-state index contributed by atoms with van der Waals surface area (Å²) in [6, 6.07) is 6.85. The summed E-state index contributed by atoms with van der Waals surface area (Å²) < 4.78 is 29.6. The van der Waals surface area contributed by atoms with E-state index in [1.54, 1.807) is 24.3 Å². The average Bonchev–Trinajstić information content (AvgIpc) is 2.43. The lowest BCUT2D eigenvalue weighted by Gasteiger charge is -2.05. The van der Waals surface area contributed by atoms with Gasteiger partial charge in [-0.3, -0.25) is 4.79 Å². The van der Waals surface area contributed by atoms with Crippen LogP contribution in [0, 0.1) is 11.8 Å². The maximum Gasteiger partial charge on any atom is 0.322 e. The van der Waals surface area contributed by atoms with Gasteiger partial charge in [-0.15, -0.1) is 0 Å². The highest BCUT2D eigenvalue weighted by Gasteiger charge is 2.16. The number of carbonyl (C=O) groups excluding carboxylic acids is 1. The Morgan fingerprint density at radius 2 is 2.00 bits per heavy atom. The number of aliphatic hydroxyl groups is 1. The first-order valence-corrected chi connectivity index (χ1v) is 7.35. The molecule has 0 spiro atoms. The number of ether oxygens (including phenoxy) is 1. The minimum Gasteiger partial charge on any atom is -0.468 e. The third kappa shape index (κ3) is 5.84. The van der Waals surface area contributed by atoms with E-state index in [4.69, 9.17) is 5.11 Å². The lowest BCUT2D eigenvalue weighted by atomic mass is 10.1. The Kier molecular flexibility index (Phi) is 6.18. The summed E-state index contributed by atoms with van der Waals surface area (Å²) in [5, 5.41) is 8.56. The van der Waals surface area contributed by atoms with E-state index in [-0.39, 0.29) is 13.2 Å². The highest BCUT2D eigenvalue weighted by molar-refractivity contribution is 7.90. The van der Waals surface area contributed by atoms with Crippen LogP contribution in [-0.2, 0) is 26.1 Å². The molecular formula is C13H15NO5S. The fraction of sp³-hybridized carbons (Fsp3) is 0.308. The van der Waals surface area contributed by atoms with Crippen LogP contribution in [0.15, 0.2) is 24.3 Å². The van der Waals surface area contributed by atoms with Gasteiger partial charge in [0, 0.05) is 12.1 Å². The summed E-state index contributed by atoms with van der Waals surface area (Å²) in [5.74, 6) is 3.72. The van der Waals surface area contributed by atoms with E-state index in [1.807, 2.05) is 0 Å². The number of esters is 1. The first-order chi connectivity index (χ1) is 9.46. The normalized spacial score (nSPS) is 10.5. The highest BCUT2D eigenvalue weighted by atomic mass is 32.2. The molecule has 20 heavy (non-hydrogen) atoms. The van der Waals surface area contributed by atoms with Crippen LogP contribution in [0.4, 0.5) is 0 Å². The number of nitrogens with one attached hydrogen (secondary N) is 1. The molecule has 1 rings (SSSR count). The summed E-state index contributed by atoms with van der Waals surface area (Å²) in [6.45, 7) is -0.137. The third-order valence-electron chi connectivity index (χ3n) is 2.30. The van der Waals surface area contributed by atoms with Crippen molar-refractivity contribution in [2.75, 3.05) is 19.5 Å². The Labute approximate surface area is 117 Å². The molecule has 0 radical (unpaired) electrons. The maximum atomic E-state index is 11.5. The fourth-order valence-electron chi connectivity index (χ4n) is 1.31. The van der Waals surface area contributed by atoms with E-state index in [0.717, 1.165) is 18.2 Å². The number of rotatable bonds is 5. The van der Waals surface area contributed by atoms with Crippen LogP contribution in [0.3, 0.4) is 0 Å². The summed E-state index contributed by atoms with van der Waals surface area (Å²) in [5.41, 5.74) is 1.45. The minimum absolute atomic E-state index is 0.0764. The van der Waals surface area contributed by atoms with Crippen LogP contribution in [-0.4, -0.2) is 39.0 Å². The molecule has 108 valence electrons. The molecule has 0 fully saturated rings. The molecule has 0 bridgehead atoms. The molecule has 0 aliphatic carbocycles. The van der Waals surface area contributed by atoms with Crippen LogP contribution in [0.25, 0.3) is 0 Å². The molecule has 0 atom stereocenters. The second kappa shape index (κ2) is 7.65. The van der Waals surface area contributed by atoms with Crippen LogP contribution >= 0.6 is 0 Å². The lowest BCUT2D eigenvalue weighted by molar-refractivity contribution is -0.137. The largest absolute Gasteiger partial charge is 0.468 e. The van der Waals surface area contributed by atoms with Crippen molar-refractivity contribution in [2.45, 2.75) is 6.54 Å². The van der Waals surface area contributed by atoms with Crippen LogP contribution < -0.4 is 4.72 Å². The maximum absolute atomic E-state index is 11.5. The Bertz CT molecular complexity index is 610. The van der Waals surface area contributed by atoms with E-state index >= 15 is 0 Å². The minimum atomic E-state index is -3.70. The van der Waals surface area contributed by atoms with E-state index < -0.39 is 21.7 Å². The van der Waals surface area contributed by atoms with Crippen molar-refractivity contribution in [3.05, 3.63) is 35.4 Å². The quantitative estimate of drug-likeness (QED) is 0.571. The number of sulfonamides is 1. The smallest absolute Gasteiger partial charge is 0.322 e. The average molecular weight is 297 g/mol. The number of hydrogen-bond acceptors (Lipinski definition) is 5. The van der Waals surface area contributed by atoms with Gasteiger partial charge < -0.3 is 9.84 Å². The standard InChI is InChI=1S/C13H15NO5S/c1-19-13(16)10-20(17,18)14-9-12-6-4-11(5-7-12)3-2-8-15/h4-7,14-15H,8-10H2,1H3. The second-order valence-corrected chi connectivity index (χ2v) is 5.62. The Balaban J connectivity index is 2.59. The van der Waals surface area contributed by atoms with Gasteiger partial charge in [0.25, 0.3) is 0 Å². The molecule has 1 aromatic carbocycles. The molecule has 0 saturated carbocycles. The number of methoxy groups -OCH3 is 1. The van der Waals surface area contributed by atoms with Gasteiger partial charge in [0.15, 0.2) is 5.75 Å². The van der Waals surface area contributed by atoms with E-state index in [2.05, 4.69) is 21.3 Å². The van der Waals surface area contributed by atoms with Crippen molar-refractivity contribution in [1.82, 2.24) is 4.72 Å². The van der Waals surface area contributed by atoms with Crippen molar-refractivity contribution >= 4 is 16.0 Å². The van der Waals surface area contributed by atoms with Crippen molar-refractivity contribution in [2.24, 2.45) is 0 Å². The summed E-state index contributed by atoms with van der Waals surface area (Å²) in [4.78, 5) is 10.9. The number of carbonyl (C=O) groups is 1. The van der Waals surface area contributed by atoms with Crippen LogP contribution in [0.1, 0.15) is 11.1 Å². The first kappa shape index (κ1) is 16.2. The Hall–Kier alpha value is -1.88. The molecule has 0 saturated heterocycles. The summed E-state index contributed by atoms with van der Waals surface area (Å²) in [7, 11) is -2.57. The Morgan fingerprint density at radius 3 is 2.55 bits per heavy atom. The molecule has 0 heterocycles. The zero-order valence-electron chi connectivity index (χ0n) is 10.9. The Morgan fingerprint density at radius 1 is 1.35 bits per heavy atom. The predicted molar refractivity (Wildman–Crippen MR) is 73.0 cm³/mol. The van der Waals surface area contributed by atoms with Gasteiger partial charge in [0.05, 0.1) is 7.11 Å². The molecule has 2 N–H and O–H groups in total. The van der Waals surface area contributed by atoms with Gasteiger partial charge in [-0.25, -0.2) is 13.1 Å².